The predicted octanol–water partition coefficient (Wildman–Crippen LogP) is 4.02. The summed E-state index contributed by atoms with van der Waals surface area (Å²) in [7, 11) is 0. The molecule has 0 aliphatic heterocycles. The lowest BCUT2D eigenvalue weighted by atomic mass is 10.1. The van der Waals surface area contributed by atoms with Gasteiger partial charge in [0.2, 0.25) is 0 Å². The first kappa shape index (κ1) is 13.4. The lowest BCUT2D eigenvalue weighted by Gasteiger charge is -2.10. The summed E-state index contributed by atoms with van der Waals surface area (Å²) in [6.45, 7) is 2.40. The molecule has 100 valence electrons. The normalized spacial score (nSPS) is 11.4. The van der Waals surface area contributed by atoms with Gasteiger partial charge in [0.25, 0.3) is 0 Å². The number of benzene rings is 1. The lowest BCUT2D eigenvalue weighted by molar-refractivity contribution is -0.137. The highest BCUT2D eigenvalue weighted by Gasteiger charge is 2.30. The Morgan fingerprint density at radius 2 is 1.89 bits per heavy atom. The molecule has 2 aromatic rings. The number of anilines is 1. The maximum absolute atomic E-state index is 12.5. The molecule has 0 saturated heterocycles. The van der Waals surface area contributed by atoms with E-state index in [1.807, 2.05) is 31.2 Å². The van der Waals surface area contributed by atoms with Crippen LogP contribution in [0.5, 0.6) is 0 Å². The second-order valence-electron chi connectivity index (χ2n) is 4.21. The van der Waals surface area contributed by atoms with Crippen LogP contribution in [0.2, 0.25) is 0 Å². The summed E-state index contributed by atoms with van der Waals surface area (Å²) in [5, 5.41) is 2.90. The summed E-state index contributed by atoms with van der Waals surface area (Å²) in [6.07, 6.45) is -3.19. The Balaban J connectivity index is 2.10. The van der Waals surface area contributed by atoms with E-state index in [4.69, 9.17) is 0 Å². The van der Waals surface area contributed by atoms with Gasteiger partial charge >= 0.3 is 6.18 Å². The van der Waals surface area contributed by atoms with Crippen LogP contribution in [0, 0.1) is 6.92 Å². The molecule has 0 radical (unpaired) electrons. The Morgan fingerprint density at radius 1 is 1.16 bits per heavy atom. The van der Waals surface area contributed by atoms with Crippen molar-refractivity contribution in [2.45, 2.75) is 19.6 Å². The number of alkyl halides is 3. The molecule has 0 fully saturated rings. The fourth-order valence-electron chi connectivity index (χ4n) is 1.70. The molecular formula is C14H13F3N2. The fourth-order valence-corrected chi connectivity index (χ4v) is 1.70. The minimum Gasteiger partial charge on any atom is -0.366 e. The van der Waals surface area contributed by atoms with Gasteiger partial charge in [-0.3, -0.25) is 0 Å². The van der Waals surface area contributed by atoms with E-state index < -0.39 is 11.7 Å². The van der Waals surface area contributed by atoms with Crippen molar-refractivity contribution in [1.29, 1.82) is 0 Å². The maximum atomic E-state index is 12.5. The van der Waals surface area contributed by atoms with Gasteiger partial charge in [0.05, 0.1) is 5.56 Å². The van der Waals surface area contributed by atoms with Crippen molar-refractivity contribution in [3.63, 3.8) is 0 Å². The molecule has 0 atom stereocenters. The molecule has 2 nitrogen and oxygen atoms in total. The first-order valence-electron chi connectivity index (χ1n) is 5.78. The summed E-state index contributed by atoms with van der Waals surface area (Å²) in [4.78, 5) is 3.89. The standard InChI is InChI=1S/C14H13F3N2/c1-10-4-2-3-5-11(10)9-19-13-8-12(6-7-18-13)14(15,16)17/h2-8H,9H2,1H3,(H,18,19). The fraction of sp³-hybridized carbons (Fsp3) is 0.214. The van der Waals surface area contributed by atoms with Gasteiger partial charge in [-0.05, 0) is 30.2 Å². The van der Waals surface area contributed by atoms with Gasteiger partial charge < -0.3 is 5.32 Å². The number of hydrogen-bond donors (Lipinski definition) is 1. The highest BCUT2D eigenvalue weighted by atomic mass is 19.4. The molecule has 5 heteroatoms. The molecule has 1 aromatic carbocycles. The average molecular weight is 266 g/mol. The van der Waals surface area contributed by atoms with Crippen molar-refractivity contribution in [3.05, 3.63) is 59.3 Å². The smallest absolute Gasteiger partial charge is 0.366 e. The van der Waals surface area contributed by atoms with E-state index in [0.29, 0.717) is 6.54 Å². The molecular weight excluding hydrogens is 253 g/mol. The van der Waals surface area contributed by atoms with E-state index in [-0.39, 0.29) is 5.82 Å². The number of aromatic nitrogens is 1. The van der Waals surface area contributed by atoms with E-state index in [0.717, 1.165) is 29.5 Å². The van der Waals surface area contributed by atoms with Gasteiger partial charge in [-0.1, -0.05) is 24.3 Å². The Hall–Kier alpha value is -2.04. The summed E-state index contributed by atoms with van der Waals surface area (Å²) < 4.78 is 37.6. The minimum absolute atomic E-state index is 0.220. The van der Waals surface area contributed by atoms with Crippen LogP contribution in [-0.4, -0.2) is 4.98 Å². The zero-order valence-corrected chi connectivity index (χ0v) is 10.3. The third kappa shape index (κ3) is 3.47. The van der Waals surface area contributed by atoms with E-state index in [2.05, 4.69) is 10.3 Å². The molecule has 0 amide bonds. The minimum atomic E-state index is -4.35. The number of aryl methyl sites for hydroxylation is 1. The van der Waals surface area contributed by atoms with E-state index >= 15 is 0 Å². The summed E-state index contributed by atoms with van der Waals surface area (Å²) in [6, 6.07) is 9.66. The topological polar surface area (TPSA) is 24.9 Å². The summed E-state index contributed by atoms with van der Waals surface area (Å²) in [5.41, 5.74) is 1.42. The number of halogens is 3. The quantitative estimate of drug-likeness (QED) is 0.907. The van der Waals surface area contributed by atoms with Crippen LogP contribution in [0.15, 0.2) is 42.6 Å². The molecule has 19 heavy (non-hydrogen) atoms. The van der Waals surface area contributed by atoms with Gasteiger partial charge in [-0.2, -0.15) is 13.2 Å². The van der Waals surface area contributed by atoms with E-state index in [1.165, 1.54) is 0 Å². The van der Waals surface area contributed by atoms with Crippen LogP contribution in [0.1, 0.15) is 16.7 Å². The molecule has 0 saturated carbocycles. The van der Waals surface area contributed by atoms with Gasteiger partial charge in [0, 0.05) is 12.7 Å². The van der Waals surface area contributed by atoms with Crippen LogP contribution in [-0.2, 0) is 12.7 Å². The Bertz CT molecular complexity index is 565. The van der Waals surface area contributed by atoms with Crippen LogP contribution in [0.4, 0.5) is 19.0 Å². The van der Waals surface area contributed by atoms with Crippen molar-refractivity contribution >= 4 is 5.82 Å². The second kappa shape index (κ2) is 5.30. The number of nitrogens with one attached hydrogen (secondary N) is 1. The van der Waals surface area contributed by atoms with Crippen molar-refractivity contribution in [1.82, 2.24) is 4.98 Å². The zero-order valence-electron chi connectivity index (χ0n) is 10.3. The van der Waals surface area contributed by atoms with Crippen molar-refractivity contribution < 1.29 is 13.2 Å². The highest BCUT2D eigenvalue weighted by Crippen LogP contribution is 2.29. The number of nitrogens with zero attached hydrogens (tertiary/aromatic N) is 1. The molecule has 0 unspecified atom stereocenters. The molecule has 0 spiro atoms. The lowest BCUT2D eigenvalue weighted by Crippen LogP contribution is -2.08. The van der Waals surface area contributed by atoms with Crippen LogP contribution >= 0.6 is 0 Å². The number of rotatable bonds is 3. The van der Waals surface area contributed by atoms with Crippen molar-refractivity contribution in [2.24, 2.45) is 0 Å². The van der Waals surface area contributed by atoms with Crippen LogP contribution in [0.25, 0.3) is 0 Å². The average Bonchev–Trinajstić information content (AvgIpc) is 2.37. The van der Waals surface area contributed by atoms with Crippen LogP contribution in [0.3, 0.4) is 0 Å². The molecule has 1 heterocycles. The number of hydrogen-bond acceptors (Lipinski definition) is 2. The van der Waals surface area contributed by atoms with Gasteiger partial charge in [-0.15, -0.1) is 0 Å². The molecule has 1 N–H and O–H groups in total. The Kier molecular flexibility index (Phi) is 3.74. The third-order valence-corrected chi connectivity index (χ3v) is 2.81. The summed E-state index contributed by atoms with van der Waals surface area (Å²) in [5.74, 6) is 0.220. The first-order valence-corrected chi connectivity index (χ1v) is 5.78. The largest absolute Gasteiger partial charge is 0.416 e. The Labute approximate surface area is 109 Å². The van der Waals surface area contributed by atoms with Gasteiger partial charge in [-0.25, -0.2) is 4.98 Å². The Morgan fingerprint density at radius 3 is 2.58 bits per heavy atom. The number of pyridine rings is 1. The van der Waals surface area contributed by atoms with Crippen molar-refractivity contribution in [2.75, 3.05) is 5.32 Å². The zero-order chi connectivity index (χ0) is 13.9. The predicted molar refractivity (Wildman–Crippen MR) is 67.7 cm³/mol. The van der Waals surface area contributed by atoms with Crippen LogP contribution < -0.4 is 5.32 Å². The molecule has 2 rings (SSSR count). The van der Waals surface area contributed by atoms with E-state index in [1.54, 1.807) is 0 Å². The summed E-state index contributed by atoms with van der Waals surface area (Å²) >= 11 is 0. The van der Waals surface area contributed by atoms with Crippen molar-refractivity contribution in [3.8, 4) is 0 Å². The molecule has 0 bridgehead atoms. The molecule has 0 aliphatic rings. The van der Waals surface area contributed by atoms with Gasteiger partial charge in [0.15, 0.2) is 0 Å². The molecule has 1 aromatic heterocycles. The second-order valence-corrected chi connectivity index (χ2v) is 4.21. The SMILES string of the molecule is Cc1ccccc1CNc1cc(C(F)(F)F)ccn1. The maximum Gasteiger partial charge on any atom is 0.416 e. The third-order valence-electron chi connectivity index (χ3n) is 2.81. The first-order chi connectivity index (χ1) is 8.97. The highest BCUT2D eigenvalue weighted by molar-refractivity contribution is 5.40. The monoisotopic (exact) mass is 266 g/mol. The van der Waals surface area contributed by atoms with Gasteiger partial charge in [0.1, 0.15) is 5.82 Å². The van der Waals surface area contributed by atoms with E-state index in [9.17, 15) is 13.2 Å². The molecule has 0 aliphatic carbocycles.